The lowest BCUT2D eigenvalue weighted by molar-refractivity contribution is -0.143. The van der Waals surface area contributed by atoms with Gasteiger partial charge in [-0.25, -0.2) is 4.90 Å². The number of nitrogens with zero attached hydrogens (tertiary/aromatic N) is 2. The van der Waals surface area contributed by atoms with Crippen LogP contribution in [-0.4, -0.2) is 53.4 Å². The number of benzene rings is 2. The van der Waals surface area contributed by atoms with Gasteiger partial charge in [-0.15, -0.1) is 0 Å². The van der Waals surface area contributed by atoms with Crippen LogP contribution in [0.2, 0.25) is 0 Å². The Balaban J connectivity index is 1.79. The second-order valence-electron chi connectivity index (χ2n) is 7.20. The topological polar surface area (TPSA) is 104 Å². The minimum atomic E-state index is -1.09. The summed E-state index contributed by atoms with van der Waals surface area (Å²) in [5.74, 6) is -1.72. The Morgan fingerprint density at radius 2 is 1.74 bits per heavy atom. The minimum Gasteiger partial charge on any atom is -0.497 e. The standard InChI is InChI=1S/C23H24N2O6/c1-31-18-9-7-16(8-10-18)13-14-24(20(26)11-12-22(28)29)19-15-21(27)25(23(19)30)17-5-3-2-4-6-17/h2-10,19H,11-15H2,1H3,(H,28,29). The molecule has 3 amide bonds. The summed E-state index contributed by atoms with van der Waals surface area (Å²) >= 11 is 0. The van der Waals surface area contributed by atoms with Crippen LogP contribution < -0.4 is 9.64 Å². The van der Waals surface area contributed by atoms with Crippen molar-refractivity contribution in [2.75, 3.05) is 18.6 Å². The molecule has 1 heterocycles. The van der Waals surface area contributed by atoms with Crippen molar-refractivity contribution in [1.82, 2.24) is 4.90 Å². The third kappa shape index (κ3) is 5.28. The van der Waals surface area contributed by atoms with Crippen LogP contribution in [0.1, 0.15) is 24.8 Å². The number of hydrogen-bond donors (Lipinski definition) is 1. The van der Waals surface area contributed by atoms with Crippen molar-refractivity contribution in [3.8, 4) is 5.75 Å². The average Bonchev–Trinajstić information content (AvgIpc) is 3.07. The summed E-state index contributed by atoms with van der Waals surface area (Å²) < 4.78 is 5.14. The number of imide groups is 1. The maximum atomic E-state index is 13.1. The summed E-state index contributed by atoms with van der Waals surface area (Å²) in [6.07, 6.45) is -0.252. The fourth-order valence-electron chi connectivity index (χ4n) is 3.56. The van der Waals surface area contributed by atoms with Gasteiger partial charge in [0, 0.05) is 13.0 Å². The summed E-state index contributed by atoms with van der Waals surface area (Å²) in [6, 6.07) is 14.9. The zero-order chi connectivity index (χ0) is 22.4. The van der Waals surface area contributed by atoms with Gasteiger partial charge in [0.1, 0.15) is 11.8 Å². The normalized spacial score (nSPS) is 15.8. The number of carboxylic acid groups (broad SMARTS) is 1. The molecule has 1 saturated heterocycles. The fraction of sp³-hybridized carbons (Fsp3) is 0.304. The molecule has 1 unspecified atom stereocenters. The third-order valence-corrected chi connectivity index (χ3v) is 5.19. The second-order valence-corrected chi connectivity index (χ2v) is 7.20. The molecule has 0 bridgehead atoms. The van der Waals surface area contributed by atoms with E-state index in [1.165, 1.54) is 4.90 Å². The monoisotopic (exact) mass is 424 g/mol. The second kappa shape index (κ2) is 9.88. The van der Waals surface area contributed by atoms with E-state index in [4.69, 9.17) is 9.84 Å². The molecule has 1 atom stereocenters. The lowest BCUT2D eigenvalue weighted by atomic mass is 10.1. The Bertz CT molecular complexity index is 958. The van der Waals surface area contributed by atoms with Crippen LogP contribution in [-0.2, 0) is 25.6 Å². The third-order valence-electron chi connectivity index (χ3n) is 5.19. The van der Waals surface area contributed by atoms with Crippen LogP contribution in [0, 0.1) is 0 Å². The number of ether oxygens (including phenoxy) is 1. The molecule has 1 fully saturated rings. The number of carboxylic acids is 1. The van der Waals surface area contributed by atoms with Gasteiger partial charge in [-0.2, -0.15) is 0 Å². The number of aliphatic carboxylic acids is 1. The first-order valence-corrected chi connectivity index (χ1v) is 9.96. The van der Waals surface area contributed by atoms with Crippen molar-refractivity contribution in [2.24, 2.45) is 0 Å². The molecular weight excluding hydrogens is 400 g/mol. The summed E-state index contributed by atoms with van der Waals surface area (Å²) in [6.45, 7) is 0.192. The van der Waals surface area contributed by atoms with Crippen LogP contribution in [0.4, 0.5) is 5.69 Å². The Kier molecular flexibility index (Phi) is 7.02. The highest BCUT2D eigenvalue weighted by Gasteiger charge is 2.44. The first-order chi connectivity index (χ1) is 14.9. The van der Waals surface area contributed by atoms with Crippen LogP contribution in [0.5, 0.6) is 5.75 Å². The number of rotatable bonds is 9. The molecule has 0 radical (unpaired) electrons. The number of carbonyl (C=O) groups is 4. The summed E-state index contributed by atoms with van der Waals surface area (Å²) in [5, 5.41) is 8.94. The van der Waals surface area contributed by atoms with Crippen molar-refractivity contribution in [3.63, 3.8) is 0 Å². The van der Waals surface area contributed by atoms with Crippen LogP contribution in [0.25, 0.3) is 0 Å². The lowest BCUT2D eigenvalue weighted by Gasteiger charge is -2.27. The highest BCUT2D eigenvalue weighted by atomic mass is 16.5. The smallest absolute Gasteiger partial charge is 0.303 e. The predicted molar refractivity (Wildman–Crippen MR) is 113 cm³/mol. The van der Waals surface area contributed by atoms with Crippen molar-refractivity contribution in [2.45, 2.75) is 31.7 Å². The quantitative estimate of drug-likeness (QED) is 0.619. The number of para-hydroxylation sites is 1. The molecule has 31 heavy (non-hydrogen) atoms. The van der Waals surface area contributed by atoms with Crippen molar-refractivity contribution in [1.29, 1.82) is 0 Å². The number of methoxy groups -OCH3 is 1. The molecule has 1 N–H and O–H groups in total. The molecule has 2 aromatic carbocycles. The molecule has 3 rings (SSSR count). The molecule has 0 aromatic heterocycles. The summed E-state index contributed by atoms with van der Waals surface area (Å²) in [7, 11) is 1.57. The van der Waals surface area contributed by atoms with Crippen LogP contribution in [0.3, 0.4) is 0 Å². The summed E-state index contributed by atoms with van der Waals surface area (Å²) in [5.41, 5.74) is 1.38. The largest absolute Gasteiger partial charge is 0.497 e. The van der Waals surface area contributed by atoms with Crippen molar-refractivity contribution in [3.05, 3.63) is 60.2 Å². The van der Waals surface area contributed by atoms with Crippen LogP contribution >= 0.6 is 0 Å². The Morgan fingerprint density at radius 1 is 1.06 bits per heavy atom. The molecule has 8 nitrogen and oxygen atoms in total. The van der Waals surface area contributed by atoms with E-state index in [2.05, 4.69) is 0 Å². The number of anilines is 1. The van der Waals surface area contributed by atoms with Gasteiger partial charge in [0.25, 0.3) is 5.91 Å². The van der Waals surface area contributed by atoms with Gasteiger partial charge < -0.3 is 14.7 Å². The van der Waals surface area contributed by atoms with Gasteiger partial charge in [-0.05, 0) is 36.2 Å². The van der Waals surface area contributed by atoms with Gasteiger partial charge in [-0.3, -0.25) is 19.2 Å². The Labute approximate surface area is 180 Å². The van der Waals surface area contributed by atoms with Crippen LogP contribution in [0.15, 0.2) is 54.6 Å². The maximum Gasteiger partial charge on any atom is 0.303 e. The molecule has 0 spiro atoms. The van der Waals surface area contributed by atoms with Gasteiger partial charge in [0.05, 0.1) is 25.6 Å². The molecular formula is C23H24N2O6. The lowest BCUT2D eigenvalue weighted by Crippen LogP contribution is -2.46. The molecule has 1 aliphatic heterocycles. The van der Waals surface area contributed by atoms with E-state index < -0.39 is 23.8 Å². The van der Waals surface area contributed by atoms with Crippen molar-refractivity contribution >= 4 is 29.4 Å². The average molecular weight is 424 g/mol. The molecule has 1 aliphatic rings. The van der Waals surface area contributed by atoms with E-state index >= 15 is 0 Å². The van der Waals surface area contributed by atoms with E-state index in [1.807, 2.05) is 12.1 Å². The fourth-order valence-corrected chi connectivity index (χ4v) is 3.56. The maximum absolute atomic E-state index is 13.1. The number of hydrogen-bond acceptors (Lipinski definition) is 5. The van der Waals surface area contributed by atoms with E-state index in [0.717, 1.165) is 10.5 Å². The zero-order valence-electron chi connectivity index (χ0n) is 17.2. The van der Waals surface area contributed by atoms with E-state index in [9.17, 15) is 19.2 Å². The van der Waals surface area contributed by atoms with E-state index in [0.29, 0.717) is 17.9 Å². The molecule has 2 aromatic rings. The van der Waals surface area contributed by atoms with Gasteiger partial charge in [-0.1, -0.05) is 30.3 Å². The molecule has 8 heteroatoms. The highest BCUT2D eigenvalue weighted by Crippen LogP contribution is 2.26. The predicted octanol–water partition coefficient (Wildman–Crippen LogP) is 2.26. The SMILES string of the molecule is COc1ccc(CCN(C(=O)CCC(=O)O)C2CC(=O)N(c3ccccc3)C2=O)cc1. The van der Waals surface area contributed by atoms with Crippen molar-refractivity contribution < 1.29 is 29.0 Å². The van der Waals surface area contributed by atoms with E-state index in [-0.39, 0.29) is 31.7 Å². The minimum absolute atomic E-state index is 0.130. The zero-order valence-corrected chi connectivity index (χ0v) is 17.2. The Hall–Kier alpha value is -3.68. The molecule has 0 aliphatic carbocycles. The van der Waals surface area contributed by atoms with Gasteiger partial charge in [0.15, 0.2) is 0 Å². The highest BCUT2D eigenvalue weighted by molar-refractivity contribution is 6.23. The Morgan fingerprint density at radius 3 is 2.35 bits per heavy atom. The first kappa shape index (κ1) is 22.0. The first-order valence-electron chi connectivity index (χ1n) is 9.96. The summed E-state index contributed by atoms with van der Waals surface area (Å²) in [4.78, 5) is 51.8. The number of carbonyl (C=O) groups excluding carboxylic acids is 3. The number of amides is 3. The molecule has 0 saturated carbocycles. The van der Waals surface area contributed by atoms with Gasteiger partial charge >= 0.3 is 5.97 Å². The van der Waals surface area contributed by atoms with Gasteiger partial charge in [0.2, 0.25) is 11.8 Å². The van der Waals surface area contributed by atoms with E-state index in [1.54, 1.807) is 49.6 Å². The molecule has 162 valence electrons.